The normalized spacial score (nSPS) is 13.7. The van der Waals surface area contributed by atoms with E-state index in [-0.39, 0.29) is 5.70 Å². The molecule has 0 unspecified atom stereocenters. The molecule has 162 valence electrons. The number of amides is 2. The number of carbonyl (C=O) groups is 2. The van der Waals surface area contributed by atoms with Crippen molar-refractivity contribution in [3.05, 3.63) is 93.6 Å². The largest absolute Gasteiger partial charge is 0.497 e. The first-order valence-corrected chi connectivity index (χ1v) is 10.6. The fraction of sp³-hybridized carbons (Fsp3) is 0.154. The molecular formula is C26H23ClN2O3. The van der Waals surface area contributed by atoms with Gasteiger partial charge in [0, 0.05) is 16.8 Å². The first kappa shape index (κ1) is 21.7. The Balaban J connectivity index is 1.88. The molecule has 0 aromatic heterocycles. The molecule has 1 heterocycles. The topological polar surface area (TPSA) is 58.6 Å². The Kier molecular flexibility index (Phi) is 5.76. The smallest absolute Gasteiger partial charge is 0.282 e. The van der Waals surface area contributed by atoms with Crippen molar-refractivity contribution in [3.8, 4) is 5.75 Å². The maximum atomic E-state index is 13.7. The summed E-state index contributed by atoms with van der Waals surface area (Å²) in [5, 5.41) is 3.63. The minimum Gasteiger partial charge on any atom is -0.497 e. The molecule has 3 aromatic rings. The second kappa shape index (κ2) is 8.52. The van der Waals surface area contributed by atoms with E-state index in [0.717, 1.165) is 16.7 Å². The van der Waals surface area contributed by atoms with Gasteiger partial charge in [-0.1, -0.05) is 47.5 Å². The number of anilines is 2. The molecule has 3 aromatic carbocycles. The molecule has 0 saturated heterocycles. The Hall–Kier alpha value is -3.57. The maximum absolute atomic E-state index is 13.7. The lowest BCUT2D eigenvalue weighted by molar-refractivity contribution is -0.120. The SMILES string of the molecule is COc1cccc(NC2=C(c3ccc(C)cc3C)C(=O)N(c3cc(Cl)ccc3C)C2=O)c1. The van der Waals surface area contributed by atoms with Gasteiger partial charge in [-0.05, 0) is 61.7 Å². The van der Waals surface area contributed by atoms with Crippen molar-refractivity contribution < 1.29 is 14.3 Å². The van der Waals surface area contributed by atoms with E-state index in [4.69, 9.17) is 16.3 Å². The number of nitrogens with one attached hydrogen (secondary N) is 1. The van der Waals surface area contributed by atoms with Crippen LogP contribution in [0, 0.1) is 20.8 Å². The highest BCUT2D eigenvalue weighted by Gasteiger charge is 2.41. The molecule has 1 aliphatic heterocycles. The lowest BCUT2D eigenvalue weighted by Crippen LogP contribution is -2.33. The molecule has 0 fully saturated rings. The Morgan fingerprint density at radius 2 is 1.66 bits per heavy atom. The maximum Gasteiger partial charge on any atom is 0.282 e. The van der Waals surface area contributed by atoms with Crippen LogP contribution in [0.1, 0.15) is 22.3 Å². The van der Waals surface area contributed by atoms with E-state index in [2.05, 4.69) is 5.32 Å². The highest BCUT2D eigenvalue weighted by molar-refractivity contribution is 6.46. The number of imide groups is 1. The standard InChI is InChI=1S/C26H23ClN2O3/c1-15-8-11-21(17(3)12-15)23-24(28-19-6-5-7-20(14-19)32-4)26(31)29(25(23)30)22-13-18(27)10-9-16(22)2/h5-14,28H,1-4H3. The van der Waals surface area contributed by atoms with Crippen LogP contribution < -0.4 is 15.0 Å². The van der Waals surface area contributed by atoms with Gasteiger partial charge in [0.05, 0.1) is 18.4 Å². The van der Waals surface area contributed by atoms with Crippen molar-refractivity contribution >= 4 is 40.4 Å². The summed E-state index contributed by atoms with van der Waals surface area (Å²) < 4.78 is 5.30. The summed E-state index contributed by atoms with van der Waals surface area (Å²) in [6.45, 7) is 5.77. The van der Waals surface area contributed by atoms with Crippen LogP contribution in [0.3, 0.4) is 0 Å². The third-order valence-electron chi connectivity index (χ3n) is 5.49. The van der Waals surface area contributed by atoms with Crippen molar-refractivity contribution in [2.24, 2.45) is 0 Å². The molecule has 0 aliphatic carbocycles. The summed E-state index contributed by atoms with van der Waals surface area (Å²) in [5.74, 6) is -0.182. The number of aryl methyl sites for hydroxylation is 3. The highest BCUT2D eigenvalue weighted by atomic mass is 35.5. The predicted molar refractivity (Wildman–Crippen MR) is 128 cm³/mol. The van der Waals surface area contributed by atoms with Crippen LogP contribution >= 0.6 is 11.6 Å². The minimum atomic E-state index is -0.432. The minimum absolute atomic E-state index is 0.217. The van der Waals surface area contributed by atoms with Gasteiger partial charge in [-0.15, -0.1) is 0 Å². The summed E-state index contributed by atoms with van der Waals surface area (Å²) in [6.07, 6.45) is 0. The summed E-state index contributed by atoms with van der Waals surface area (Å²) >= 11 is 6.19. The number of carbonyl (C=O) groups excluding carboxylic acids is 2. The summed E-state index contributed by atoms with van der Waals surface area (Å²) in [7, 11) is 1.58. The van der Waals surface area contributed by atoms with E-state index in [1.165, 1.54) is 4.90 Å². The zero-order valence-corrected chi connectivity index (χ0v) is 19.1. The average molecular weight is 447 g/mol. The Morgan fingerprint density at radius 3 is 2.38 bits per heavy atom. The van der Waals surface area contributed by atoms with E-state index < -0.39 is 11.8 Å². The number of rotatable bonds is 5. The number of halogens is 1. The van der Waals surface area contributed by atoms with E-state index in [0.29, 0.717) is 33.3 Å². The second-order valence-electron chi connectivity index (χ2n) is 7.80. The number of nitrogens with zero attached hydrogens (tertiary/aromatic N) is 1. The summed E-state index contributed by atoms with van der Waals surface area (Å²) in [6, 6.07) is 18.2. The van der Waals surface area contributed by atoms with Crippen molar-refractivity contribution in [2.45, 2.75) is 20.8 Å². The summed E-state index contributed by atoms with van der Waals surface area (Å²) in [4.78, 5) is 28.5. The zero-order chi connectivity index (χ0) is 23.0. The molecule has 0 radical (unpaired) electrons. The number of hydrogen-bond donors (Lipinski definition) is 1. The molecule has 0 spiro atoms. The van der Waals surface area contributed by atoms with Crippen LogP contribution in [0.15, 0.2) is 66.4 Å². The molecule has 0 bridgehead atoms. The molecule has 0 saturated carbocycles. The van der Waals surface area contributed by atoms with Crippen molar-refractivity contribution in [1.82, 2.24) is 0 Å². The van der Waals surface area contributed by atoms with E-state index >= 15 is 0 Å². The number of benzene rings is 3. The van der Waals surface area contributed by atoms with Crippen LogP contribution in [0.4, 0.5) is 11.4 Å². The van der Waals surface area contributed by atoms with E-state index in [1.807, 2.05) is 57.2 Å². The third-order valence-corrected chi connectivity index (χ3v) is 5.72. The first-order valence-electron chi connectivity index (χ1n) is 10.2. The van der Waals surface area contributed by atoms with Gasteiger partial charge < -0.3 is 10.1 Å². The lowest BCUT2D eigenvalue weighted by Gasteiger charge is -2.18. The second-order valence-corrected chi connectivity index (χ2v) is 8.24. The van der Waals surface area contributed by atoms with Crippen LogP contribution in [-0.2, 0) is 9.59 Å². The fourth-order valence-corrected chi connectivity index (χ4v) is 4.04. The van der Waals surface area contributed by atoms with Gasteiger partial charge in [-0.2, -0.15) is 0 Å². The van der Waals surface area contributed by atoms with Gasteiger partial charge >= 0.3 is 0 Å². The molecule has 5 nitrogen and oxygen atoms in total. The molecule has 1 aliphatic rings. The quantitative estimate of drug-likeness (QED) is 0.513. The molecule has 0 atom stereocenters. The zero-order valence-electron chi connectivity index (χ0n) is 18.3. The molecule has 1 N–H and O–H groups in total. The first-order chi connectivity index (χ1) is 15.3. The Labute approximate surface area is 192 Å². The van der Waals surface area contributed by atoms with Gasteiger partial charge in [-0.25, -0.2) is 4.90 Å². The van der Waals surface area contributed by atoms with Gasteiger partial charge in [0.15, 0.2) is 0 Å². The molecule has 4 rings (SSSR count). The van der Waals surface area contributed by atoms with E-state index in [9.17, 15) is 9.59 Å². The molecule has 2 amide bonds. The number of hydrogen-bond acceptors (Lipinski definition) is 4. The fourth-order valence-electron chi connectivity index (χ4n) is 3.88. The van der Waals surface area contributed by atoms with Crippen molar-refractivity contribution in [3.63, 3.8) is 0 Å². The van der Waals surface area contributed by atoms with Gasteiger partial charge in [0.1, 0.15) is 11.4 Å². The van der Waals surface area contributed by atoms with Gasteiger partial charge in [0.2, 0.25) is 0 Å². The summed E-state index contributed by atoms with van der Waals surface area (Å²) in [5.41, 5.74) is 5.14. The van der Waals surface area contributed by atoms with Crippen LogP contribution in [-0.4, -0.2) is 18.9 Å². The molecule has 32 heavy (non-hydrogen) atoms. The van der Waals surface area contributed by atoms with Gasteiger partial charge in [0.25, 0.3) is 11.8 Å². The molecular weight excluding hydrogens is 424 g/mol. The Bertz CT molecular complexity index is 1280. The van der Waals surface area contributed by atoms with Crippen LogP contribution in [0.5, 0.6) is 5.75 Å². The van der Waals surface area contributed by atoms with Gasteiger partial charge in [-0.3, -0.25) is 9.59 Å². The molecule has 6 heteroatoms. The van der Waals surface area contributed by atoms with Crippen LogP contribution in [0.2, 0.25) is 5.02 Å². The average Bonchev–Trinajstić information content (AvgIpc) is 3.00. The van der Waals surface area contributed by atoms with E-state index in [1.54, 1.807) is 31.4 Å². The highest BCUT2D eigenvalue weighted by Crippen LogP contribution is 2.37. The Morgan fingerprint density at radius 1 is 0.875 bits per heavy atom. The lowest BCUT2D eigenvalue weighted by atomic mass is 9.97. The van der Waals surface area contributed by atoms with Crippen molar-refractivity contribution in [2.75, 3.05) is 17.3 Å². The predicted octanol–water partition coefficient (Wildman–Crippen LogP) is 5.67. The third kappa shape index (κ3) is 3.87. The van der Waals surface area contributed by atoms with Crippen molar-refractivity contribution in [1.29, 1.82) is 0 Å². The number of methoxy groups -OCH3 is 1. The number of ether oxygens (including phenoxy) is 1. The van der Waals surface area contributed by atoms with Crippen LogP contribution in [0.25, 0.3) is 5.57 Å². The monoisotopic (exact) mass is 446 g/mol.